The molecule has 3 heteroatoms. The van der Waals surface area contributed by atoms with Gasteiger partial charge in [0.2, 0.25) is 0 Å². The summed E-state index contributed by atoms with van der Waals surface area (Å²) >= 11 is 0. The molecule has 0 radical (unpaired) electrons. The number of aromatic nitrogens is 2. The molecule has 0 unspecified atom stereocenters. The van der Waals surface area contributed by atoms with Crippen molar-refractivity contribution in [2.24, 2.45) is 5.92 Å². The van der Waals surface area contributed by atoms with Crippen molar-refractivity contribution in [3.05, 3.63) is 11.4 Å². The van der Waals surface area contributed by atoms with Gasteiger partial charge in [-0.15, -0.1) is 0 Å². The minimum Gasteiger partial charge on any atom is -0.244 e. The van der Waals surface area contributed by atoms with Crippen LogP contribution in [0.3, 0.4) is 0 Å². The molecule has 0 saturated heterocycles. The molecule has 1 aromatic heterocycles. The predicted octanol–water partition coefficient (Wildman–Crippen LogP) is 1.58. The van der Waals surface area contributed by atoms with Gasteiger partial charge in [-0.3, -0.25) is 0 Å². The monoisotopic (exact) mass is 140 g/mol. The Labute approximate surface area is 60.4 Å². The average Bonchev–Trinajstić information content (AvgIpc) is 2.15. The third kappa shape index (κ3) is 1.56. The Morgan fingerprint density at radius 1 is 1.40 bits per heavy atom. The van der Waals surface area contributed by atoms with Crippen molar-refractivity contribution < 1.29 is 4.63 Å². The van der Waals surface area contributed by atoms with Gasteiger partial charge in [0, 0.05) is 0 Å². The molecule has 0 amide bonds. The summed E-state index contributed by atoms with van der Waals surface area (Å²) < 4.78 is 4.55. The summed E-state index contributed by atoms with van der Waals surface area (Å²) in [5.74, 6) is 0.616. The molecule has 0 aliphatic heterocycles. The summed E-state index contributed by atoms with van der Waals surface area (Å²) in [7, 11) is 0. The Balaban J connectivity index is 2.65. The minimum absolute atomic E-state index is 0.616. The van der Waals surface area contributed by atoms with Crippen LogP contribution in [-0.4, -0.2) is 10.3 Å². The molecule has 1 heterocycles. The number of rotatable bonds is 2. The average molecular weight is 140 g/mol. The maximum absolute atomic E-state index is 4.55. The first-order valence-electron chi connectivity index (χ1n) is 3.48. The van der Waals surface area contributed by atoms with E-state index in [9.17, 15) is 0 Å². The quantitative estimate of drug-likeness (QED) is 0.626. The second-order valence-electron chi connectivity index (χ2n) is 2.89. The molecule has 1 aromatic rings. The number of hydrogen-bond donors (Lipinski definition) is 0. The predicted molar refractivity (Wildman–Crippen MR) is 37.6 cm³/mol. The Morgan fingerprint density at radius 3 is 2.50 bits per heavy atom. The van der Waals surface area contributed by atoms with Crippen LogP contribution in [0.2, 0.25) is 0 Å². The highest BCUT2D eigenvalue weighted by Gasteiger charge is 2.05. The SMILES string of the molecule is Cc1nonc1CC(C)C. The third-order valence-electron chi connectivity index (χ3n) is 1.35. The van der Waals surface area contributed by atoms with Gasteiger partial charge in [0.25, 0.3) is 0 Å². The maximum Gasteiger partial charge on any atom is 0.108 e. The normalized spacial score (nSPS) is 10.8. The van der Waals surface area contributed by atoms with Gasteiger partial charge in [-0.2, -0.15) is 0 Å². The summed E-state index contributed by atoms with van der Waals surface area (Å²) in [5.41, 5.74) is 1.89. The molecule has 1 rings (SSSR count). The van der Waals surface area contributed by atoms with E-state index in [4.69, 9.17) is 0 Å². The Morgan fingerprint density at radius 2 is 2.10 bits per heavy atom. The van der Waals surface area contributed by atoms with Crippen LogP contribution in [0.5, 0.6) is 0 Å². The van der Waals surface area contributed by atoms with E-state index >= 15 is 0 Å². The Bertz CT molecular complexity index is 205. The van der Waals surface area contributed by atoms with Crippen LogP contribution in [0, 0.1) is 12.8 Å². The van der Waals surface area contributed by atoms with Crippen LogP contribution in [0.25, 0.3) is 0 Å². The maximum atomic E-state index is 4.55. The van der Waals surface area contributed by atoms with E-state index in [1.807, 2.05) is 6.92 Å². The number of aryl methyl sites for hydroxylation is 1. The van der Waals surface area contributed by atoms with Gasteiger partial charge < -0.3 is 0 Å². The lowest BCUT2D eigenvalue weighted by atomic mass is 10.1. The zero-order chi connectivity index (χ0) is 7.56. The van der Waals surface area contributed by atoms with Gasteiger partial charge in [0.05, 0.1) is 0 Å². The molecule has 0 N–H and O–H groups in total. The Hall–Kier alpha value is -0.860. The molecular weight excluding hydrogens is 128 g/mol. The first-order chi connectivity index (χ1) is 4.70. The lowest BCUT2D eigenvalue weighted by Gasteiger charge is -1.97. The smallest absolute Gasteiger partial charge is 0.108 e. The molecule has 10 heavy (non-hydrogen) atoms. The summed E-state index contributed by atoms with van der Waals surface area (Å²) in [4.78, 5) is 0. The molecule has 3 nitrogen and oxygen atoms in total. The van der Waals surface area contributed by atoms with Crippen LogP contribution in [0.15, 0.2) is 4.63 Å². The highest BCUT2D eigenvalue weighted by molar-refractivity contribution is 5.04. The van der Waals surface area contributed by atoms with Gasteiger partial charge in [0.1, 0.15) is 11.4 Å². The van der Waals surface area contributed by atoms with E-state index in [0.717, 1.165) is 17.8 Å². The number of hydrogen-bond acceptors (Lipinski definition) is 3. The first-order valence-corrected chi connectivity index (χ1v) is 3.48. The standard InChI is InChI=1S/C7H12N2O/c1-5(2)4-7-6(3)8-10-9-7/h5H,4H2,1-3H3. The van der Waals surface area contributed by atoms with E-state index in [2.05, 4.69) is 28.8 Å². The topological polar surface area (TPSA) is 38.9 Å². The van der Waals surface area contributed by atoms with Crippen molar-refractivity contribution in [1.29, 1.82) is 0 Å². The van der Waals surface area contributed by atoms with E-state index in [-0.39, 0.29) is 0 Å². The molecule has 0 aromatic carbocycles. The number of nitrogens with zero attached hydrogens (tertiary/aromatic N) is 2. The molecule has 0 aliphatic rings. The molecule has 0 atom stereocenters. The van der Waals surface area contributed by atoms with Gasteiger partial charge in [-0.05, 0) is 19.3 Å². The van der Waals surface area contributed by atoms with Gasteiger partial charge >= 0.3 is 0 Å². The van der Waals surface area contributed by atoms with Crippen molar-refractivity contribution >= 4 is 0 Å². The molecule has 0 fully saturated rings. The van der Waals surface area contributed by atoms with Crippen molar-refractivity contribution in [3.8, 4) is 0 Å². The minimum atomic E-state index is 0.616. The van der Waals surface area contributed by atoms with Crippen molar-refractivity contribution in [2.75, 3.05) is 0 Å². The summed E-state index contributed by atoms with van der Waals surface area (Å²) in [5, 5.41) is 7.45. The van der Waals surface area contributed by atoms with Crippen molar-refractivity contribution in [2.45, 2.75) is 27.2 Å². The lowest BCUT2D eigenvalue weighted by Crippen LogP contribution is -1.95. The van der Waals surface area contributed by atoms with Gasteiger partial charge in [-0.1, -0.05) is 24.2 Å². The highest BCUT2D eigenvalue weighted by atomic mass is 16.6. The summed E-state index contributed by atoms with van der Waals surface area (Å²) in [6.45, 7) is 6.20. The second-order valence-corrected chi connectivity index (χ2v) is 2.89. The van der Waals surface area contributed by atoms with E-state index in [1.165, 1.54) is 0 Å². The van der Waals surface area contributed by atoms with E-state index < -0.39 is 0 Å². The molecule has 0 spiro atoms. The van der Waals surface area contributed by atoms with Gasteiger partial charge in [0.15, 0.2) is 0 Å². The van der Waals surface area contributed by atoms with Crippen LogP contribution >= 0.6 is 0 Å². The second kappa shape index (κ2) is 2.82. The summed E-state index contributed by atoms with van der Waals surface area (Å²) in [6, 6.07) is 0. The molecule has 56 valence electrons. The largest absolute Gasteiger partial charge is 0.244 e. The fraction of sp³-hybridized carbons (Fsp3) is 0.714. The first kappa shape index (κ1) is 7.25. The molecule has 0 bridgehead atoms. The van der Waals surface area contributed by atoms with Crippen LogP contribution in [0.4, 0.5) is 0 Å². The van der Waals surface area contributed by atoms with Crippen LogP contribution in [-0.2, 0) is 6.42 Å². The van der Waals surface area contributed by atoms with E-state index in [1.54, 1.807) is 0 Å². The lowest BCUT2D eigenvalue weighted by molar-refractivity contribution is 0.300. The van der Waals surface area contributed by atoms with Gasteiger partial charge in [-0.25, -0.2) is 4.63 Å². The Kier molecular flexibility index (Phi) is 2.04. The van der Waals surface area contributed by atoms with Crippen LogP contribution < -0.4 is 0 Å². The highest BCUT2D eigenvalue weighted by Crippen LogP contribution is 2.07. The fourth-order valence-electron chi connectivity index (χ4n) is 0.821. The molecule has 0 aliphatic carbocycles. The third-order valence-corrected chi connectivity index (χ3v) is 1.35. The van der Waals surface area contributed by atoms with Crippen LogP contribution in [0.1, 0.15) is 25.2 Å². The molecular formula is C7H12N2O. The van der Waals surface area contributed by atoms with E-state index in [0.29, 0.717) is 5.92 Å². The van der Waals surface area contributed by atoms with Crippen molar-refractivity contribution in [3.63, 3.8) is 0 Å². The molecule has 0 saturated carbocycles. The summed E-state index contributed by atoms with van der Waals surface area (Å²) in [6.07, 6.45) is 0.954. The fourth-order valence-corrected chi connectivity index (χ4v) is 0.821. The zero-order valence-corrected chi connectivity index (χ0v) is 6.59. The van der Waals surface area contributed by atoms with Crippen molar-refractivity contribution in [1.82, 2.24) is 10.3 Å². The zero-order valence-electron chi connectivity index (χ0n) is 6.59.